The number of carbonyl (C=O) groups excluding carboxylic acids is 1. The van der Waals surface area contributed by atoms with E-state index in [1.807, 2.05) is 24.3 Å². The molecular formula is C19H22N4O. The van der Waals surface area contributed by atoms with E-state index in [-0.39, 0.29) is 5.91 Å². The summed E-state index contributed by atoms with van der Waals surface area (Å²) >= 11 is 0. The van der Waals surface area contributed by atoms with Gasteiger partial charge in [0.05, 0.1) is 5.52 Å². The van der Waals surface area contributed by atoms with Gasteiger partial charge in [-0.1, -0.05) is 43.7 Å². The highest BCUT2D eigenvalue weighted by Crippen LogP contribution is 2.24. The van der Waals surface area contributed by atoms with Gasteiger partial charge in [0, 0.05) is 26.1 Å². The molecule has 0 bridgehead atoms. The highest BCUT2D eigenvalue weighted by molar-refractivity contribution is 5.96. The first-order chi connectivity index (χ1) is 11.7. The molecule has 5 heteroatoms. The van der Waals surface area contributed by atoms with Crippen LogP contribution >= 0.6 is 0 Å². The normalized spacial score (nSPS) is 10.9. The molecular weight excluding hydrogens is 300 g/mol. The maximum atomic E-state index is 11.4. The second-order valence-corrected chi connectivity index (χ2v) is 5.91. The molecule has 3 aromatic rings. The fourth-order valence-corrected chi connectivity index (χ4v) is 2.83. The van der Waals surface area contributed by atoms with Crippen molar-refractivity contribution >= 4 is 22.8 Å². The molecule has 0 unspecified atom stereocenters. The lowest BCUT2D eigenvalue weighted by molar-refractivity contribution is -0.114. The smallest absolute Gasteiger partial charge is 0.222 e. The fraction of sp³-hybridized carbons (Fsp3) is 0.316. The summed E-state index contributed by atoms with van der Waals surface area (Å²) in [5.41, 5.74) is 2.99. The largest absolute Gasteiger partial charge is 0.323 e. The minimum Gasteiger partial charge on any atom is -0.323 e. The van der Waals surface area contributed by atoms with Crippen molar-refractivity contribution in [3.05, 3.63) is 54.0 Å². The van der Waals surface area contributed by atoms with Crippen LogP contribution < -0.4 is 5.32 Å². The molecule has 0 saturated carbocycles. The van der Waals surface area contributed by atoms with E-state index >= 15 is 0 Å². The van der Waals surface area contributed by atoms with E-state index in [0.717, 1.165) is 42.7 Å². The van der Waals surface area contributed by atoms with E-state index in [0.29, 0.717) is 5.82 Å². The number of amides is 1. The summed E-state index contributed by atoms with van der Waals surface area (Å²) in [4.78, 5) is 20.5. The molecule has 0 spiro atoms. The Kier molecular flexibility index (Phi) is 4.89. The maximum Gasteiger partial charge on any atom is 0.222 e. The molecule has 0 aliphatic heterocycles. The second kappa shape index (κ2) is 7.25. The summed E-state index contributed by atoms with van der Waals surface area (Å²) in [5.74, 6) is 1.43. The Labute approximate surface area is 141 Å². The number of hydrogen-bond donors (Lipinski definition) is 1. The highest BCUT2D eigenvalue weighted by Gasteiger charge is 2.15. The predicted octanol–water partition coefficient (Wildman–Crippen LogP) is 3.78. The zero-order valence-electron chi connectivity index (χ0n) is 14.1. The Morgan fingerprint density at radius 3 is 2.71 bits per heavy atom. The maximum absolute atomic E-state index is 11.4. The minimum absolute atomic E-state index is 0.136. The number of nitrogens with one attached hydrogen (secondary N) is 1. The highest BCUT2D eigenvalue weighted by atomic mass is 16.1. The lowest BCUT2D eigenvalue weighted by atomic mass is 10.2. The molecule has 2 aromatic heterocycles. The van der Waals surface area contributed by atoms with E-state index < -0.39 is 0 Å². The van der Waals surface area contributed by atoms with Gasteiger partial charge in [0.2, 0.25) is 5.91 Å². The van der Waals surface area contributed by atoms with E-state index in [9.17, 15) is 4.79 Å². The topological polar surface area (TPSA) is 59.8 Å². The number of rotatable bonds is 6. The van der Waals surface area contributed by atoms with E-state index in [2.05, 4.69) is 33.9 Å². The molecule has 0 fully saturated rings. The summed E-state index contributed by atoms with van der Waals surface area (Å²) in [7, 11) is 0. The molecule has 124 valence electrons. The van der Waals surface area contributed by atoms with Crippen LogP contribution in [0.25, 0.3) is 11.0 Å². The van der Waals surface area contributed by atoms with Crippen molar-refractivity contribution in [2.75, 3.05) is 5.32 Å². The van der Waals surface area contributed by atoms with Gasteiger partial charge in [-0.15, -0.1) is 0 Å². The average molecular weight is 322 g/mol. The van der Waals surface area contributed by atoms with Crippen molar-refractivity contribution in [1.82, 2.24) is 14.5 Å². The summed E-state index contributed by atoms with van der Waals surface area (Å²) < 4.78 is 2.23. The number of carbonyl (C=O) groups is 1. The van der Waals surface area contributed by atoms with Gasteiger partial charge < -0.3 is 9.88 Å². The summed E-state index contributed by atoms with van der Waals surface area (Å²) in [6.07, 6.45) is 4.84. The zero-order chi connectivity index (χ0) is 16.9. The molecule has 1 N–H and O–H groups in total. The van der Waals surface area contributed by atoms with Crippen LogP contribution in [-0.4, -0.2) is 20.4 Å². The number of benzene rings is 1. The second-order valence-electron chi connectivity index (χ2n) is 5.91. The van der Waals surface area contributed by atoms with Gasteiger partial charge in [0.15, 0.2) is 5.82 Å². The van der Waals surface area contributed by atoms with Crippen LogP contribution in [0.3, 0.4) is 0 Å². The van der Waals surface area contributed by atoms with E-state index in [1.165, 1.54) is 12.5 Å². The monoisotopic (exact) mass is 322 g/mol. The lowest BCUT2D eigenvalue weighted by Crippen LogP contribution is -2.08. The molecule has 3 rings (SSSR count). The molecule has 0 radical (unpaired) electrons. The predicted molar refractivity (Wildman–Crippen MR) is 96.0 cm³/mol. The molecule has 24 heavy (non-hydrogen) atoms. The Morgan fingerprint density at radius 2 is 2.00 bits per heavy atom. The standard InChI is InChI=1S/C19H22N4O/c1-3-4-10-17-22-18-16(11-12-20-19(18)21-14(2)24)23(17)13-15-8-6-5-7-9-15/h5-9,11-12H,3-4,10,13H2,1-2H3,(H,20,21,24). The van der Waals surface area contributed by atoms with E-state index in [1.54, 1.807) is 6.20 Å². The summed E-state index contributed by atoms with van der Waals surface area (Å²) in [6, 6.07) is 12.3. The number of fused-ring (bicyclic) bond motifs is 1. The van der Waals surface area contributed by atoms with Crippen molar-refractivity contribution in [2.24, 2.45) is 0 Å². The van der Waals surface area contributed by atoms with Gasteiger partial charge >= 0.3 is 0 Å². The van der Waals surface area contributed by atoms with Gasteiger partial charge in [-0.05, 0) is 18.1 Å². The van der Waals surface area contributed by atoms with Crippen molar-refractivity contribution < 1.29 is 4.79 Å². The van der Waals surface area contributed by atoms with Gasteiger partial charge in [-0.25, -0.2) is 9.97 Å². The van der Waals surface area contributed by atoms with Crippen LogP contribution in [0, 0.1) is 0 Å². The number of aryl methyl sites for hydroxylation is 1. The van der Waals surface area contributed by atoms with Crippen molar-refractivity contribution in [1.29, 1.82) is 0 Å². The molecule has 2 heterocycles. The van der Waals surface area contributed by atoms with Crippen LogP contribution in [0.15, 0.2) is 42.6 Å². The first-order valence-electron chi connectivity index (χ1n) is 8.34. The van der Waals surface area contributed by atoms with Crippen LogP contribution in [-0.2, 0) is 17.8 Å². The average Bonchev–Trinajstić information content (AvgIpc) is 2.92. The molecule has 5 nitrogen and oxygen atoms in total. The van der Waals surface area contributed by atoms with E-state index in [4.69, 9.17) is 4.98 Å². The molecule has 0 aliphatic carbocycles. The van der Waals surface area contributed by atoms with Gasteiger partial charge in [0.25, 0.3) is 0 Å². The first kappa shape index (κ1) is 16.2. The summed E-state index contributed by atoms with van der Waals surface area (Å²) in [6.45, 7) is 4.42. The SMILES string of the molecule is CCCCc1nc2c(NC(C)=O)nccc2n1Cc1ccccc1. The Morgan fingerprint density at radius 1 is 1.21 bits per heavy atom. The molecule has 0 saturated heterocycles. The van der Waals surface area contributed by atoms with Crippen molar-refractivity contribution in [3.63, 3.8) is 0 Å². The van der Waals surface area contributed by atoms with Crippen LogP contribution in [0.4, 0.5) is 5.82 Å². The van der Waals surface area contributed by atoms with Crippen LogP contribution in [0.2, 0.25) is 0 Å². The Balaban J connectivity index is 2.08. The minimum atomic E-state index is -0.136. The Bertz CT molecular complexity index is 839. The molecule has 1 aromatic carbocycles. The van der Waals surface area contributed by atoms with Crippen LogP contribution in [0.5, 0.6) is 0 Å². The number of unbranched alkanes of at least 4 members (excludes halogenated alkanes) is 1. The van der Waals surface area contributed by atoms with Crippen LogP contribution in [0.1, 0.15) is 38.1 Å². The number of pyridine rings is 1. The number of anilines is 1. The third-order valence-corrected chi connectivity index (χ3v) is 3.98. The third kappa shape index (κ3) is 3.45. The quantitative estimate of drug-likeness (QED) is 0.751. The van der Waals surface area contributed by atoms with Gasteiger partial charge in [-0.3, -0.25) is 4.79 Å². The first-order valence-corrected chi connectivity index (χ1v) is 8.34. The number of imidazole rings is 1. The zero-order valence-corrected chi connectivity index (χ0v) is 14.1. The van der Waals surface area contributed by atoms with Gasteiger partial charge in [0.1, 0.15) is 11.3 Å². The number of hydrogen-bond acceptors (Lipinski definition) is 3. The number of nitrogens with zero attached hydrogens (tertiary/aromatic N) is 3. The fourth-order valence-electron chi connectivity index (χ4n) is 2.83. The summed E-state index contributed by atoms with van der Waals surface area (Å²) in [5, 5.41) is 2.78. The van der Waals surface area contributed by atoms with Crippen molar-refractivity contribution in [3.8, 4) is 0 Å². The Hall–Kier alpha value is -2.69. The molecule has 0 atom stereocenters. The van der Waals surface area contributed by atoms with Gasteiger partial charge in [-0.2, -0.15) is 0 Å². The molecule has 0 aliphatic rings. The number of aromatic nitrogens is 3. The van der Waals surface area contributed by atoms with Crippen molar-refractivity contribution in [2.45, 2.75) is 39.7 Å². The lowest BCUT2D eigenvalue weighted by Gasteiger charge is -2.09. The molecule has 1 amide bonds. The third-order valence-electron chi connectivity index (χ3n) is 3.98.